The van der Waals surface area contributed by atoms with Crippen molar-refractivity contribution < 1.29 is 15.0 Å². The molecular weight excluding hydrogens is 218 g/mol. The van der Waals surface area contributed by atoms with Gasteiger partial charge in [-0.25, -0.2) is 0 Å². The van der Waals surface area contributed by atoms with E-state index in [-0.39, 0.29) is 29.9 Å². The van der Waals surface area contributed by atoms with Crippen LogP contribution >= 0.6 is 0 Å². The maximum Gasteiger partial charge on any atom is 0.255 e. The number of hydrogen-bond donors (Lipinski definition) is 3. The molecule has 1 unspecified atom stereocenters. The van der Waals surface area contributed by atoms with Gasteiger partial charge in [-0.1, -0.05) is 18.6 Å². The highest BCUT2D eigenvalue weighted by Gasteiger charge is 2.14. The molecular formula is C13H19NO3. The van der Waals surface area contributed by atoms with Crippen LogP contribution in [0.5, 0.6) is 5.75 Å². The average molecular weight is 237 g/mol. The lowest BCUT2D eigenvalue weighted by Gasteiger charge is -2.16. The van der Waals surface area contributed by atoms with Crippen molar-refractivity contribution in [3.05, 3.63) is 29.3 Å². The van der Waals surface area contributed by atoms with Gasteiger partial charge in [0.25, 0.3) is 5.91 Å². The zero-order valence-corrected chi connectivity index (χ0v) is 10.2. The Morgan fingerprint density at radius 3 is 2.76 bits per heavy atom. The topological polar surface area (TPSA) is 69.6 Å². The molecule has 0 heterocycles. The van der Waals surface area contributed by atoms with Gasteiger partial charge in [0.05, 0.1) is 5.56 Å². The lowest BCUT2D eigenvalue weighted by Crippen LogP contribution is -2.35. The molecule has 0 saturated carbocycles. The van der Waals surface area contributed by atoms with Crippen molar-refractivity contribution >= 4 is 5.91 Å². The van der Waals surface area contributed by atoms with Crippen molar-refractivity contribution in [2.75, 3.05) is 6.61 Å². The smallest absolute Gasteiger partial charge is 0.255 e. The highest BCUT2D eigenvalue weighted by atomic mass is 16.3. The molecule has 1 aromatic rings. The monoisotopic (exact) mass is 237 g/mol. The number of aryl methyl sites for hydroxylation is 1. The van der Waals surface area contributed by atoms with Gasteiger partial charge < -0.3 is 15.5 Å². The van der Waals surface area contributed by atoms with Crippen molar-refractivity contribution in [3.8, 4) is 5.75 Å². The number of aliphatic hydroxyl groups is 1. The Balaban J connectivity index is 2.78. The minimum absolute atomic E-state index is 0.0213. The Hall–Kier alpha value is -1.55. The second-order valence-corrected chi connectivity index (χ2v) is 4.11. The molecule has 0 radical (unpaired) electrons. The summed E-state index contributed by atoms with van der Waals surface area (Å²) in [7, 11) is 0. The van der Waals surface area contributed by atoms with Crippen molar-refractivity contribution in [2.45, 2.75) is 32.7 Å². The molecule has 1 aromatic carbocycles. The fourth-order valence-electron chi connectivity index (χ4n) is 1.63. The minimum Gasteiger partial charge on any atom is -0.507 e. The van der Waals surface area contributed by atoms with Crippen LogP contribution in [0.4, 0.5) is 0 Å². The van der Waals surface area contributed by atoms with E-state index in [1.54, 1.807) is 12.1 Å². The van der Waals surface area contributed by atoms with Gasteiger partial charge in [0.1, 0.15) is 5.75 Å². The van der Waals surface area contributed by atoms with Gasteiger partial charge in [0.15, 0.2) is 0 Å². The summed E-state index contributed by atoms with van der Waals surface area (Å²) in [5.41, 5.74) is 1.20. The summed E-state index contributed by atoms with van der Waals surface area (Å²) in [5.74, 6) is -0.321. The normalized spacial score (nSPS) is 12.2. The molecule has 0 aliphatic rings. The first kappa shape index (κ1) is 13.5. The van der Waals surface area contributed by atoms with Gasteiger partial charge >= 0.3 is 0 Å². The third kappa shape index (κ3) is 3.75. The number of aromatic hydroxyl groups is 1. The number of carbonyl (C=O) groups is 1. The molecule has 4 heteroatoms. The van der Waals surface area contributed by atoms with Crippen LogP contribution < -0.4 is 5.32 Å². The highest BCUT2D eigenvalue weighted by Crippen LogP contribution is 2.18. The maximum absolute atomic E-state index is 11.9. The van der Waals surface area contributed by atoms with Crippen LogP contribution in [-0.2, 0) is 0 Å². The number of phenols is 1. The SMILES string of the molecule is CCC(CCO)NC(=O)c1cc(C)ccc1O. The Kier molecular flexibility index (Phi) is 4.97. The second-order valence-electron chi connectivity index (χ2n) is 4.11. The molecule has 1 rings (SSSR count). The van der Waals surface area contributed by atoms with Crippen LogP contribution in [0.1, 0.15) is 35.7 Å². The molecule has 0 fully saturated rings. The molecule has 4 nitrogen and oxygen atoms in total. The average Bonchev–Trinajstić information content (AvgIpc) is 2.31. The van der Waals surface area contributed by atoms with Crippen LogP contribution in [0.25, 0.3) is 0 Å². The predicted molar refractivity (Wildman–Crippen MR) is 66.1 cm³/mol. The summed E-state index contributed by atoms with van der Waals surface area (Å²) >= 11 is 0. The molecule has 94 valence electrons. The van der Waals surface area contributed by atoms with Crippen molar-refractivity contribution in [3.63, 3.8) is 0 Å². The van der Waals surface area contributed by atoms with Gasteiger partial charge in [0, 0.05) is 12.6 Å². The highest BCUT2D eigenvalue weighted by molar-refractivity contribution is 5.97. The largest absolute Gasteiger partial charge is 0.507 e. The molecule has 3 N–H and O–H groups in total. The molecule has 17 heavy (non-hydrogen) atoms. The van der Waals surface area contributed by atoms with E-state index in [0.717, 1.165) is 12.0 Å². The van der Waals surface area contributed by atoms with Crippen LogP contribution in [-0.4, -0.2) is 28.8 Å². The summed E-state index contributed by atoms with van der Waals surface area (Å²) in [5, 5.41) is 21.3. The molecule has 0 aliphatic carbocycles. The summed E-state index contributed by atoms with van der Waals surface area (Å²) in [6.45, 7) is 3.84. The number of benzene rings is 1. The molecule has 0 saturated heterocycles. The number of rotatable bonds is 5. The van der Waals surface area contributed by atoms with Gasteiger partial charge in [-0.05, 0) is 31.9 Å². The Morgan fingerprint density at radius 1 is 1.47 bits per heavy atom. The van der Waals surface area contributed by atoms with E-state index < -0.39 is 0 Å². The first-order chi connectivity index (χ1) is 8.08. The van der Waals surface area contributed by atoms with Gasteiger partial charge in [-0.2, -0.15) is 0 Å². The molecule has 1 atom stereocenters. The number of carbonyl (C=O) groups excluding carboxylic acids is 1. The van der Waals surface area contributed by atoms with Crippen LogP contribution in [0.2, 0.25) is 0 Å². The molecule has 0 aliphatic heterocycles. The summed E-state index contributed by atoms with van der Waals surface area (Å²) < 4.78 is 0. The lowest BCUT2D eigenvalue weighted by atomic mass is 10.1. The number of nitrogens with one attached hydrogen (secondary N) is 1. The van der Waals surface area contributed by atoms with Crippen molar-refractivity contribution in [2.24, 2.45) is 0 Å². The first-order valence-electron chi connectivity index (χ1n) is 5.79. The zero-order chi connectivity index (χ0) is 12.8. The van der Waals surface area contributed by atoms with Crippen LogP contribution in [0, 0.1) is 6.92 Å². The van der Waals surface area contributed by atoms with E-state index in [1.165, 1.54) is 6.07 Å². The van der Waals surface area contributed by atoms with E-state index in [1.807, 2.05) is 13.8 Å². The van der Waals surface area contributed by atoms with Gasteiger partial charge in [-0.15, -0.1) is 0 Å². The minimum atomic E-state index is -0.300. The Labute approximate surface area is 101 Å². The number of hydrogen-bond acceptors (Lipinski definition) is 3. The number of amides is 1. The van der Waals surface area contributed by atoms with E-state index in [9.17, 15) is 9.90 Å². The zero-order valence-electron chi connectivity index (χ0n) is 10.2. The van der Waals surface area contributed by atoms with Crippen molar-refractivity contribution in [1.82, 2.24) is 5.32 Å². The van der Waals surface area contributed by atoms with E-state index in [0.29, 0.717) is 6.42 Å². The number of phenolic OH excluding ortho intramolecular Hbond substituents is 1. The Bertz CT molecular complexity index is 390. The predicted octanol–water partition coefficient (Wildman–Crippen LogP) is 1.59. The van der Waals surface area contributed by atoms with Gasteiger partial charge in [0.2, 0.25) is 0 Å². The quantitative estimate of drug-likeness (QED) is 0.728. The molecule has 0 bridgehead atoms. The fraction of sp³-hybridized carbons (Fsp3) is 0.462. The summed E-state index contributed by atoms with van der Waals surface area (Å²) in [6.07, 6.45) is 1.27. The van der Waals surface area contributed by atoms with E-state index in [4.69, 9.17) is 5.11 Å². The standard InChI is InChI=1S/C13H19NO3/c1-3-10(6-7-15)14-13(17)11-8-9(2)4-5-12(11)16/h4-5,8,10,15-16H,3,6-7H2,1-2H3,(H,14,17). The molecule has 0 aromatic heterocycles. The van der Waals surface area contributed by atoms with Gasteiger partial charge in [-0.3, -0.25) is 4.79 Å². The maximum atomic E-state index is 11.9. The molecule has 1 amide bonds. The fourth-order valence-corrected chi connectivity index (χ4v) is 1.63. The van der Waals surface area contributed by atoms with Crippen molar-refractivity contribution in [1.29, 1.82) is 0 Å². The summed E-state index contributed by atoms with van der Waals surface area (Å²) in [4.78, 5) is 11.9. The van der Waals surface area contributed by atoms with Crippen LogP contribution in [0.3, 0.4) is 0 Å². The van der Waals surface area contributed by atoms with E-state index >= 15 is 0 Å². The van der Waals surface area contributed by atoms with E-state index in [2.05, 4.69) is 5.32 Å². The van der Waals surface area contributed by atoms with Crippen LogP contribution in [0.15, 0.2) is 18.2 Å². The Morgan fingerprint density at radius 2 is 2.18 bits per heavy atom. The number of aliphatic hydroxyl groups excluding tert-OH is 1. The third-order valence-electron chi connectivity index (χ3n) is 2.70. The first-order valence-corrected chi connectivity index (χ1v) is 5.79. The molecule has 0 spiro atoms. The summed E-state index contributed by atoms with van der Waals surface area (Å²) in [6, 6.07) is 4.84. The second kappa shape index (κ2) is 6.25. The lowest BCUT2D eigenvalue weighted by molar-refractivity contribution is 0.0926. The third-order valence-corrected chi connectivity index (χ3v) is 2.70.